The first-order valence-electron chi connectivity index (χ1n) is 9.52. The number of carbonyl (C=O) groups is 2. The molecule has 29 heavy (non-hydrogen) atoms. The molecule has 0 aliphatic rings. The van der Waals surface area contributed by atoms with Crippen molar-refractivity contribution in [1.82, 2.24) is 10.3 Å². The van der Waals surface area contributed by atoms with Gasteiger partial charge in [-0.1, -0.05) is 44.2 Å². The molecule has 150 valence electrons. The molecule has 3 rings (SSSR count). The Bertz CT molecular complexity index is 1020. The molecule has 0 unspecified atom stereocenters. The highest BCUT2D eigenvalue weighted by Crippen LogP contribution is 2.23. The zero-order chi connectivity index (χ0) is 20.8. The highest BCUT2D eigenvalue weighted by molar-refractivity contribution is 6.04. The summed E-state index contributed by atoms with van der Waals surface area (Å²) in [5.74, 6) is -1.09. The number of para-hydroxylation sites is 1. The zero-order valence-electron chi connectivity index (χ0n) is 16.4. The minimum absolute atomic E-state index is 0.154. The maximum atomic E-state index is 12.9. The predicted octanol–water partition coefficient (Wildman–Crippen LogP) is 4.01. The van der Waals surface area contributed by atoms with Crippen LogP contribution in [0.25, 0.3) is 10.9 Å². The maximum Gasteiger partial charge on any atom is 0.339 e. The summed E-state index contributed by atoms with van der Waals surface area (Å²) in [5.41, 5.74) is 2.82. The number of nitrogens with zero attached hydrogens (tertiary/aromatic N) is 1. The fourth-order valence-corrected chi connectivity index (χ4v) is 2.92. The van der Waals surface area contributed by atoms with Crippen LogP contribution in [0.4, 0.5) is 4.39 Å². The lowest BCUT2D eigenvalue weighted by molar-refractivity contribution is -0.124. The number of fused-ring (bicyclic) bond motifs is 1. The Morgan fingerprint density at radius 3 is 2.55 bits per heavy atom. The van der Waals surface area contributed by atoms with Crippen LogP contribution in [-0.4, -0.2) is 30.0 Å². The van der Waals surface area contributed by atoms with Gasteiger partial charge in [0.2, 0.25) is 0 Å². The van der Waals surface area contributed by atoms with Gasteiger partial charge >= 0.3 is 5.97 Å². The summed E-state index contributed by atoms with van der Waals surface area (Å²) in [5, 5.41) is 3.39. The van der Waals surface area contributed by atoms with E-state index in [2.05, 4.69) is 10.3 Å². The summed E-state index contributed by atoms with van der Waals surface area (Å²) in [7, 11) is 0. The van der Waals surface area contributed by atoms with Crippen molar-refractivity contribution in [2.75, 3.05) is 13.2 Å². The van der Waals surface area contributed by atoms with E-state index in [1.165, 1.54) is 12.1 Å². The van der Waals surface area contributed by atoms with Gasteiger partial charge in [-0.2, -0.15) is 0 Å². The molecule has 0 fully saturated rings. The number of hydrogen-bond donors (Lipinski definition) is 1. The average Bonchev–Trinajstić information content (AvgIpc) is 2.72. The van der Waals surface area contributed by atoms with Crippen LogP contribution in [0.2, 0.25) is 0 Å². The Hall–Kier alpha value is -3.28. The van der Waals surface area contributed by atoms with Crippen molar-refractivity contribution >= 4 is 22.8 Å². The van der Waals surface area contributed by atoms with Crippen molar-refractivity contribution in [3.8, 4) is 0 Å². The fraction of sp³-hybridized carbons (Fsp3) is 0.261. The van der Waals surface area contributed by atoms with Crippen LogP contribution in [-0.2, 0) is 16.0 Å². The summed E-state index contributed by atoms with van der Waals surface area (Å²) >= 11 is 0. The lowest BCUT2D eigenvalue weighted by Gasteiger charge is -2.11. The molecule has 1 amide bonds. The zero-order valence-corrected chi connectivity index (χ0v) is 16.4. The molecule has 0 saturated heterocycles. The number of rotatable bonds is 7. The summed E-state index contributed by atoms with van der Waals surface area (Å²) in [6, 6.07) is 15.2. The van der Waals surface area contributed by atoms with Crippen molar-refractivity contribution in [2.24, 2.45) is 0 Å². The van der Waals surface area contributed by atoms with E-state index in [1.807, 2.05) is 38.1 Å². The van der Waals surface area contributed by atoms with Crippen LogP contribution >= 0.6 is 0 Å². The molecule has 0 radical (unpaired) electrons. The Balaban J connectivity index is 1.58. The summed E-state index contributed by atoms with van der Waals surface area (Å²) < 4.78 is 18.1. The van der Waals surface area contributed by atoms with Gasteiger partial charge < -0.3 is 10.1 Å². The normalized spacial score (nSPS) is 10.9. The largest absolute Gasteiger partial charge is 0.452 e. The van der Waals surface area contributed by atoms with Crippen LogP contribution in [0.3, 0.4) is 0 Å². The fourth-order valence-electron chi connectivity index (χ4n) is 2.92. The van der Waals surface area contributed by atoms with E-state index >= 15 is 0 Å². The van der Waals surface area contributed by atoms with E-state index < -0.39 is 5.97 Å². The second kappa shape index (κ2) is 9.28. The number of ether oxygens (including phenoxy) is 1. The molecular weight excluding hydrogens is 371 g/mol. The Labute approximate surface area is 168 Å². The van der Waals surface area contributed by atoms with E-state index in [-0.39, 0.29) is 24.2 Å². The molecule has 0 saturated carbocycles. The Kier molecular flexibility index (Phi) is 6.54. The van der Waals surface area contributed by atoms with Crippen molar-refractivity contribution in [3.63, 3.8) is 0 Å². The van der Waals surface area contributed by atoms with E-state index in [4.69, 9.17) is 4.74 Å². The molecule has 0 aliphatic heterocycles. The minimum atomic E-state index is -0.556. The number of hydrogen-bond acceptors (Lipinski definition) is 4. The van der Waals surface area contributed by atoms with Crippen LogP contribution in [0.5, 0.6) is 0 Å². The van der Waals surface area contributed by atoms with Gasteiger partial charge in [0, 0.05) is 17.6 Å². The number of nitrogens with one attached hydrogen (secondary N) is 1. The van der Waals surface area contributed by atoms with Gasteiger partial charge in [0.1, 0.15) is 5.82 Å². The quantitative estimate of drug-likeness (QED) is 0.615. The first-order chi connectivity index (χ1) is 13.9. The standard InChI is InChI=1S/C23H23FN2O3/c1-15(2)21-13-19(18-5-3-4-6-20(18)26-21)23(28)29-14-22(27)25-12-11-16-7-9-17(24)10-8-16/h3-10,13,15H,11-12,14H2,1-2H3,(H,25,27). The number of halogens is 1. The van der Waals surface area contributed by atoms with Gasteiger partial charge in [-0.25, -0.2) is 9.18 Å². The highest BCUT2D eigenvalue weighted by Gasteiger charge is 2.16. The molecule has 0 aliphatic carbocycles. The van der Waals surface area contributed by atoms with Gasteiger partial charge in [-0.05, 0) is 42.2 Å². The number of aromatic nitrogens is 1. The summed E-state index contributed by atoms with van der Waals surface area (Å²) in [6.45, 7) is 4.01. The van der Waals surface area contributed by atoms with E-state index in [0.29, 0.717) is 23.9 Å². The number of esters is 1. The van der Waals surface area contributed by atoms with Crippen LogP contribution in [0.15, 0.2) is 54.6 Å². The average molecular weight is 394 g/mol. The number of carbonyl (C=O) groups excluding carboxylic acids is 2. The van der Waals surface area contributed by atoms with Crippen molar-refractivity contribution in [2.45, 2.75) is 26.2 Å². The van der Waals surface area contributed by atoms with Gasteiger partial charge in [-0.15, -0.1) is 0 Å². The first-order valence-corrected chi connectivity index (χ1v) is 9.52. The molecule has 1 aromatic heterocycles. The van der Waals surface area contributed by atoms with E-state index in [9.17, 15) is 14.0 Å². The lowest BCUT2D eigenvalue weighted by Crippen LogP contribution is -2.30. The molecule has 1 N–H and O–H groups in total. The third-order valence-corrected chi connectivity index (χ3v) is 4.53. The van der Waals surface area contributed by atoms with E-state index in [0.717, 1.165) is 16.8 Å². The van der Waals surface area contributed by atoms with Crippen LogP contribution in [0, 0.1) is 5.82 Å². The summed E-state index contributed by atoms with van der Waals surface area (Å²) in [4.78, 5) is 29.2. The highest BCUT2D eigenvalue weighted by atomic mass is 19.1. The molecule has 0 spiro atoms. The predicted molar refractivity (Wildman–Crippen MR) is 109 cm³/mol. The minimum Gasteiger partial charge on any atom is -0.452 e. The van der Waals surface area contributed by atoms with Crippen molar-refractivity contribution < 1.29 is 18.7 Å². The summed E-state index contributed by atoms with van der Waals surface area (Å²) in [6.07, 6.45) is 0.562. The first kappa shape index (κ1) is 20.5. The molecule has 6 heteroatoms. The van der Waals surface area contributed by atoms with Gasteiger partial charge in [0.05, 0.1) is 11.1 Å². The smallest absolute Gasteiger partial charge is 0.339 e. The molecule has 2 aromatic carbocycles. The second-order valence-electron chi connectivity index (χ2n) is 7.07. The lowest BCUT2D eigenvalue weighted by atomic mass is 10.0. The number of amides is 1. The molecule has 0 atom stereocenters. The molecule has 3 aromatic rings. The molecule has 1 heterocycles. The molecule has 5 nitrogen and oxygen atoms in total. The van der Waals surface area contributed by atoms with Crippen molar-refractivity contribution in [3.05, 3.63) is 77.2 Å². The third-order valence-electron chi connectivity index (χ3n) is 4.53. The van der Waals surface area contributed by atoms with E-state index in [1.54, 1.807) is 18.2 Å². The van der Waals surface area contributed by atoms with Gasteiger partial charge in [0.25, 0.3) is 5.91 Å². The van der Waals surface area contributed by atoms with Crippen LogP contribution in [0.1, 0.15) is 41.4 Å². The molecular formula is C23H23FN2O3. The molecule has 0 bridgehead atoms. The Morgan fingerprint density at radius 2 is 1.83 bits per heavy atom. The van der Waals surface area contributed by atoms with Crippen molar-refractivity contribution in [1.29, 1.82) is 0 Å². The SMILES string of the molecule is CC(C)c1cc(C(=O)OCC(=O)NCCc2ccc(F)cc2)c2ccccc2n1. The van der Waals surface area contributed by atoms with Gasteiger partial charge in [0.15, 0.2) is 6.61 Å². The maximum absolute atomic E-state index is 12.9. The topological polar surface area (TPSA) is 68.3 Å². The monoisotopic (exact) mass is 394 g/mol. The van der Waals surface area contributed by atoms with Crippen LogP contribution < -0.4 is 5.32 Å². The number of pyridine rings is 1. The Morgan fingerprint density at radius 1 is 1.10 bits per heavy atom. The van der Waals surface area contributed by atoms with Gasteiger partial charge in [-0.3, -0.25) is 9.78 Å². The third kappa shape index (κ3) is 5.38. The second-order valence-corrected chi connectivity index (χ2v) is 7.07. The number of benzene rings is 2.